The summed E-state index contributed by atoms with van der Waals surface area (Å²) in [6, 6.07) is 13.0. The van der Waals surface area contributed by atoms with E-state index in [2.05, 4.69) is 0 Å². The number of benzene rings is 2. The number of halogens is 1. The molecule has 5 heteroatoms. The van der Waals surface area contributed by atoms with E-state index in [0.717, 1.165) is 16.9 Å². The number of hydrogen-bond acceptors (Lipinski definition) is 3. The van der Waals surface area contributed by atoms with Crippen molar-refractivity contribution in [3.63, 3.8) is 0 Å². The molecule has 4 nitrogen and oxygen atoms in total. The Kier molecular flexibility index (Phi) is 4.76. The molecule has 0 aromatic heterocycles. The number of para-hydroxylation sites is 1. The first-order chi connectivity index (χ1) is 11.6. The number of fused-ring (bicyclic) bond motifs is 1. The molecule has 3 rings (SSSR count). The fourth-order valence-corrected chi connectivity index (χ4v) is 2.88. The normalized spacial score (nSPS) is 12.7. The molecule has 0 aliphatic carbocycles. The molecule has 0 bridgehead atoms. The molecule has 1 heterocycles. The van der Waals surface area contributed by atoms with Gasteiger partial charge in [-0.1, -0.05) is 29.8 Å². The van der Waals surface area contributed by atoms with Gasteiger partial charge in [-0.05, 0) is 30.3 Å². The number of likely N-dealkylation sites (N-methyl/N-ethyl adjacent to an activating group) is 1. The number of rotatable bonds is 4. The van der Waals surface area contributed by atoms with Crippen molar-refractivity contribution >= 4 is 23.6 Å². The Balaban J connectivity index is 1.79. The second kappa shape index (κ2) is 6.97. The zero-order valence-electron chi connectivity index (χ0n) is 13.6. The number of amides is 1. The van der Waals surface area contributed by atoms with Gasteiger partial charge in [0, 0.05) is 29.7 Å². The maximum Gasteiger partial charge on any atom is 0.253 e. The monoisotopic (exact) mass is 343 g/mol. The summed E-state index contributed by atoms with van der Waals surface area (Å²) < 4.78 is 11.0. The SMILES string of the molecule is COc1ccc(Cl)cc1CN(C)C(=O)C1=Cc2ccccc2OC1. The highest BCUT2D eigenvalue weighted by atomic mass is 35.5. The molecule has 0 saturated carbocycles. The molecule has 0 N–H and O–H groups in total. The second-order valence-corrected chi connectivity index (χ2v) is 6.05. The zero-order valence-corrected chi connectivity index (χ0v) is 14.3. The smallest absolute Gasteiger partial charge is 0.253 e. The van der Waals surface area contributed by atoms with Crippen LogP contribution in [0.15, 0.2) is 48.0 Å². The van der Waals surface area contributed by atoms with Crippen molar-refractivity contribution in [2.24, 2.45) is 0 Å². The van der Waals surface area contributed by atoms with Crippen LogP contribution >= 0.6 is 11.6 Å². The third-order valence-electron chi connectivity index (χ3n) is 3.90. The third-order valence-corrected chi connectivity index (χ3v) is 4.14. The van der Waals surface area contributed by atoms with E-state index in [4.69, 9.17) is 21.1 Å². The highest BCUT2D eigenvalue weighted by molar-refractivity contribution is 6.30. The largest absolute Gasteiger partial charge is 0.496 e. The van der Waals surface area contributed by atoms with Gasteiger partial charge in [-0.3, -0.25) is 4.79 Å². The molecule has 0 radical (unpaired) electrons. The van der Waals surface area contributed by atoms with Gasteiger partial charge in [0.1, 0.15) is 18.1 Å². The Bertz CT molecular complexity index is 801. The van der Waals surface area contributed by atoms with E-state index in [-0.39, 0.29) is 12.5 Å². The molecular formula is C19H18ClNO3. The number of carbonyl (C=O) groups excluding carboxylic acids is 1. The lowest BCUT2D eigenvalue weighted by Gasteiger charge is -2.23. The molecule has 0 fully saturated rings. The van der Waals surface area contributed by atoms with E-state index in [9.17, 15) is 4.79 Å². The van der Waals surface area contributed by atoms with Gasteiger partial charge in [-0.2, -0.15) is 0 Å². The lowest BCUT2D eigenvalue weighted by Crippen LogP contribution is -2.30. The van der Waals surface area contributed by atoms with Crippen molar-refractivity contribution in [3.05, 3.63) is 64.2 Å². The minimum Gasteiger partial charge on any atom is -0.496 e. The van der Waals surface area contributed by atoms with Crippen LogP contribution in [0.4, 0.5) is 0 Å². The summed E-state index contributed by atoms with van der Waals surface area (Å²) in [6.07, 6.45) is 1.88. The Morgan fingerprint density at radius 3 is 2.88 bits per heavy atom. The van der Waals surface area contributed by atoms with Crippen LogP contribution in [0.2, 0.25) is 5.02 Å². The first-order valence-corrected chi connectivity index (χ1v) is 7.96. The molecule has 0 unspecified atom stereocenters. The van der Waals surface area contributed by atoms with Crippen molar-refractivity contribution in [2.75, 3.05) is 20.8 Å². The Labute approximate surface area is 146 Å². The second-order valence-electron chi connectivity index (χ2n) is 5.61. The minimum atomic E-state index is -0.0773. The van der Waals surface area contributed by atoms with Crippen molar-refractivity contribution in [3.8, 4) is 11.5 Å². The first kappa shape index (κ1) is 16.4. The standard InChI is InChI=1S/C19H18ClNO3/c1-21(11-14-10-16(20)7-8-17(14)23-2)19(22)15-9-13-5-3-4-6-18(13)24-12-15/h3-10H,11-12H2,1-2H3. The summed E-state index contributed by atoms with van der Waals surface area (Å²) in [5.41, 5.74) is 2.40. The summed E-state index contributed by atoms with van der Waals surface area (Å²) in [6.45, 7) is 0.675. The summed E-state index contributed by atoms with van der Waals surface area (Å²) in [4.78, 5) is 14.3. The molecule has 1 amide bonds. The molecule has 1 aliphatic rings. The number of methoxy groups -OCH3 is 1. The molecule has 0 spiro atoms. The predicted molar refractivity (Wildman–Crippen MR) is 94.4 cm³/mol. The Hall–Kier alpha value is -2.46. The van der Waals surface area contributed by atoms with Crippen molar-refractivity contribution in [1.29, 1.82) is 0 Å². The number of hydrogen-bond donors (Lipinski definition) is 0. The van der Waals surface area contributed by atoms with E-state index in [1.165, 1.54) is 0 Å². The fraction of sp³-hybridized carbons (Fsp3) is 0.211. The molecule has 2 aromatic rings. The van der Waals surface area contributed by atoms with Crippen LogP contribution in [0.5, 0.6) is 11.5 Å². The summed E-state index contributed by atoms with van der Waals surface area (Å²) in [5, 5.41) is 0.612. The predicted octanol–water partition coefficient (Wildman–Crippen LogP) is 3.78. The van der Waals surface area contributed by atoms with Gasteiger partial charge in [0.2, 0.25) is 0 Å². The summed E-state index contributed by atoms with van der Waals surface area (Å²) in [5.74, 6) is 1.43. The summed E-state index contributed by atoms with van der Waals surface area (Å²) >= 11 is 6.05. The van der Waals surface area contributed by atoms with Gasteiger partial charge in [0.05, 0.1) is 12.7 Å². The average Bonchev–Trinajstić information content (AvgIpc) is 2.61. The molecule has 24 heavy (non-hydrogen) atoms. The van der Waals surface area contributed by atoms with Crippen LogP contribution in [0.1, 0.15) is 11.1 Å². The van der Waals surface area contributed by atoms with Crippen molar-refractivity contribution in [1.82, 2.24) is 4.90 Å². The maximum absolute atomic E-state index is 12.7. The molecule has 0 atom stereocenters. The molecule has 1 aliphatic heterocycles. The van der Waals surface area contributed by atoms with Crippen LogP contribution in [-0.4, -0.2) is 31.6 Å². The first-order valence-electron chi connectivity index (χ1n) is 7.59. The Morgan fingerprint density at radius 1 is 1.29 bits per heavy atom. The van der Waals surface area contributed by atoms with E-state index >= 15 is 0 Å². The van der Waals surface area contributed by atoms with Gasteiger partial charge in [0.15, 0.2) is 0 Å². The van der Waals surface area contributed by atoms with E-state index in [1.807, 2.05) is 36.4 Å². The molecular weight excluding hydrogens is 326 g/mol. The van der Waals surface area contributed by atoms with Gasteiger partial charge in [-0.15, -0.1) is 0 Å². The molecule has 0 saturated heterocycles. The maximum atomic E-state index is 12.7. The van der Waals surface area contributed by atoms with Crippen molar-refractivity contribution < 1.29 is 14.3 Å². The summed E-state index contributed by atoms with van der Waals surface area (Å²) in [7, 11) is 3.35. The number of nitrogens with zero attached hydrogens (tertiary/aromatic N) is 1. The molecule has 124 valence electrons. The van der Waals surface area contributed by atoms with Crippen molar-refractivity contribution in [2.45, 2.75) is 6.54 Å². The number of ether oxygens (including phenoxy) is 2. The van der Waals surface area contributed by atoms with Gasteiger partial charge in [-0.25, -0.2) is 0 Å². The van der Waals surface area contributed by atoms with E-state index in [0.29, 0.717) is 22.9 Å². The fourth-order valence-electron chi connectivity index (χ4n) is 2.68. The topological polar surface area (TPSA) is 38.8 Å². The van der Waals surface area contributed by atoms with Crippen LogP contribution in [0, 0.1) is 0 Å². The Morgan fingerprint density at radius 2 is 2.08 bits per heavy atom. The highest BCUT2D eigenvalue weighted by Gasteiger charge is 2.21. The lowest BCUT2D eigenvalue weighted by atomic mass is 10.1. The highest BCUT2D eigenvalue weighted by Crippen LogP contribution is 2.28. The van der Waals surface area contributed by atoms with Crippen LogP contribution in [0.25, 0.3) is 6.08 Å². The van der Waals surface area contributed by atoms with Crippen LogP contribution in [0.3, 0.4) is 0 Å². The zero-order chi connectivity index (χ0) is 17.1. The van der Waals surface area contributed by atoms with Crippen LogP contribution in [-0.2, 0) is 11.3 Å². The molecule has 2 aromatic carbocycles. The number of carbonyl (C=O) groups is 1. The van der Waals surface area contributed by atoms with Crippen LogP contribution < -0.4 is 9.47 Å². The van der Waals surface area contributed by atoms with E-state index < -0.39 is 0 Å². The average molecular weight is 344 g/mol. The van der Waals surface area contributed by atoms with Gasteiger partial charge < -0.3 is 14.4 Å². The minimum absolute atomic E-state index is 0.0773. The third kappa shape index (κ3) is 3.39. The van der Waals surface area contributed by atoms with Gasteiger partial charge >= 0.3 is 0 Å². The van der Waals surface area contributed by atoms with Gasteiger partial charge in [0.25, 0.3) is 5.91 Å². The quantitative estimate of drug-likeness (QED) is 0.848. The lowest BCUT2D eigenvalue weighted by molar-refractivity contribution is -0.126. The van der Waals surface area contributed by atoms with E-state index in [1.54, 1.807) is 31.2 Å².